The first-order valence-corrected chi connectivity index (χ1v) is 3.62. The summed E-state index contributed by atoms with van der Waals surface area (Å²) >= 11 is 10.8. The second kappa shape index (κ2) is 4.58. The number of carboxylic acids is 1. The van der Waals surface area contributed by atoms with Crippen LogP contribution in [0.2, 0.25) is 0 Å². The molecule has 0 atom stereocenters. The minimum Gasteiger partial charge on any atom is -0.477 e. The highest BCUT2D eigenvalue weighted by Crippen LogP contribution is 2.18. The molecule has 4 heteroatoms. The Morgan fingerprint density at radius 1 is 1.50 bits per heavy atom. The fraction of sp³-hybridized carbons (Fsp3) is 0.500. The van der Waals surface area contributed by atoms with Gasteiger partial charge in [-0.25, -0.2) is 4.79 Å². The quantitative estimate of drug-likeness (QED) is 0.682. The first-order valence-electron chi connectivity index (χ1n) is 2.87. The van der Waals surface area contributed by atoms with E-state index in [0.717, 1.165) is 6.42 Å². The third-order valence-corrected chi connectivity index (χ3v) is 1.76. The fourth-order valence-corrected chi connectivity index (χ4v) is 0.810. The van der Waals surface area contributed by atoms with Crippen LogP contribution in [0, 0.1) is 0 Å². The molecule has 58 valence electrons. The van der Waals surface area contributed by atoms with E-state index in [2.05, 4.69) is 0 Å². The second-order valence-corrected chi connectivity index (χ2v) is 2.61. The van der Waals surface area contributed by atoms with E-state index in [9.17, 15) is 4.79 Å². The first kappa shape index (κ1) is 9.79. The summed E-state index contributed by atoms with van der Waals surface area (Å²) < 4.78 is 0. The van der Waals surface area contributed by atoms with Gasteiger partial charge in [-0.05, 0) is 6.42 Å². The summed E-state index contributed by atoms with van der Waals surface area (Å²) in [6.45, 7) is 1.90. The lowest BCUT2D eigenvalue weighted by Crippen LogP contribution is -1.95. The van der Waals surface area contributed by atoms with Gasteiger partial charge in [0.15, 0.2) is 0 Å². The third kappa shape index (κ3) is 3.08. The average molecular weight is 183 g/mol. The van der Waals surface area contributed by atoms with Gasteiger partial charge in [-0.15, -0.1) is 0 Å². The SMILES string of the molecule is CCC/C(Cl)=C(/Cl)C(=O)O. The molecular weight excluding hydrogens is 175 g/mol. The molecule has 0 aromatic rings. The van der Waals surface area contributed by atoms with E-state index in [1.165, 1.54) is 0 Å². The Kier molecular flexibility index (Phi) is 4.49. The number of rotatable bonds is 3. The van der Waals surface area contributed by atoms with Crippen LogP contribution >= 0.6 is 23.2 Å². The number of aliphatic carboxylic acids is 1. The van der Waals surface area contributed by atoms with Crippen LogP contribution in [0.3, 0.4) is 0 Å². The van der Waals surface area contributed by atoms with E-state index < -0.39 is 5.97 Å². The predicted molar refractivity (Wildman–Crippen MR) is 41.3 cm³/mol. The van der Waals surface area contributed by atoms with Gasteiger partial charge in [-0.3, -0.25) is 0 Å². The lowest BCUT2D eigenvalue weighted by molar-refractivity contribution is -0.131. The van der Waals surface area contributed by atoms with E-state index in [0.29, 0.717) is 6.42 Å². The number of hydrogen-bond donors (Lipinski definition) is 1. The van der Waals surface area contributed by atoms with Gasteiger partial charge >= 0.3 is 5.97 Å². The van der Waals surface area contributed by atoms with Gasteiger partial charge in [0, 0.05) is 5.03 Å². The van der Waals surface area contributed by atoms with Crippen molar-refractivity contribution in [2.24, 2.45) is 0 Å². The zero-order valence-corrected chi connectivity index (χ0v) is 7.04. The molecule has 0 bridgehead atoms. The summed E-state index contributed by atoms with van der Waals surface area (Å²) in [6.07, 6.45) is 1.31. The van der Waals surface area contributed by atoms with Gasteiger partial charge in [0.25, 0.3) is 0 Å². The summed E-state index contributed by atoms with van der Waals surface area (Å²) in [5.41, 5.74) is 0. The highest BCUT2D eigenvalue weighted by molar-refractivity contribution is 6.47. The molecule has 0 aromatic heterocycles. The molecule has 0 aliphatic rings. The van der Waals surface area contributed by atoms with Crippen LogP contribution in [0.4, 0.5) is 0 Å². The van der Waals surface area contributed by atoms with Crippen molar-refractivity contribution in [1.82, 2.24) is 0 Å². The van der Waals surface area contributed by atoms with Crippen molar-refractivity contribution < 1.29 is 9.90 Å². The Balaban J connectivity index is 4.19. The van der Waals surface area contributed by atoms with Crippen molar-refractivity contribution in [3.63, 3.8) is 0 Å². The molecular formula is C6H8Cl2O2. The van der Waals surface area contributed by atoms with Crippen molar-refractivity contribution in [2.45, 2.75) is 19.8 Å². The van der Waals surface area contributed by atoms with Crippen LogP contribution in [0.15, 0.2) is 10.1 Å². The summed E-state index contributed by atoms with van der Waals surface area (Å²) in [4.78, 5) is 10.1. The van der Waals surface area contributed by atoms with E-state index in [1.807, 2.05) is 6.92 Å². The first-order chi connectivity index (χ1) is 4.59. The summed E-state index contributed by atoms with van der Waals surface area (Å²) in [5, 5.41) is 8.25. The Labute approximate surface area is 69.4 Å². The Hall–Kier alpha value is -0.210. The average Bonchev–Trinajstić information content (AvgIpc) is 1.87. The van der Waals surface area contributed by atoms with Crippen LogP contribution in [0.1, 0.15) is 19.8 Å². The van der Waals surface area contributed by atoms with E-state index >= 15 is 0 Å². The van der Waals surface area contributed by atoms with Gasteiger partial charge in [-0.1, -0.05) is 36.5 Å². The standard InChI is InChI=1S/C6H8Cl2O2/c1-2-3-4(7)5(8)6(9)10/h2-3H2,1H3,(H,9,10)/b5-4-. The zero-order valence-electron chi connectivity index (χ0n) is 5.53. The van der Waals surface area contributed by atoms with E-state index in [4.69, 9.17) is 28.3 Å². The molecule has 0 spiro atoms. The monoisotopic (exact) mass is 182 g/mol. The molecule has 0 saturated carbocycles. The Morgan fingerprint density at radius 3 is 2.30 bits per heavy atom. The number of carbonyl (C=O) groups is 1. The van der Waals surface area contributed by atoms with Crippen LogP contribution < -0.4 is 0 Å². The molecule has 2 nitrogen and oxygen atoms in total. The van der Waals surface area contributed by atoms with Gasteiger partial charge < -0.3 is 5.11 Å². The van der Waals surface area contributed by atoms with E-state index in [1.54, 1.807) is 0 Å². The van der Waals surface area contributed by atoms with Gasteiger partial charge in [0.05, 0.1) is 0 Å². The third-order valence-electron chi connectivity index (χ3n) is 0.895. The van der Waals surface area contributed by atoms with Gasteiger partial charge in [0.2, 0.25) is 0 Å². The molecule has 0 aliphatic heterocycles. The molecule has 0 fully saturated rings. The van der Waals surface area contributed by atoms with Gasteiger partial charge in [-0.2, -0.15) is 0 Å². The number of allylic oxidation sites excluding steroid dienone is 1. The van der Waals surface area contributed by atoms with Crippen LogP contribution in [-0.4, -0.2) is 11.1 Å². The van der Waals surface area contributed by atoms with Crippen molar-refractivity contribution >= 4 is 29.2 Å². The van der Waals surface area contributed by atoms with Crippen LogP contribution in [-0.2, 0) is 4.79 Å². The minimum absolute atomic E-state index is 0.219. The Morgan fingerprint density at radius 2 is 2.00 bits per heavy atom. The normalized spacial score (nSPS) is 12.7. The van der Waals surface area contributed by atoms with Crippen LogP contribution in [0.5, 0.6) is 0 Å². The second-order valence-electron chi connectivity index (χ2n) is 1.77. The topological polar surface area (TPSA) is 37.3 Å². The molecule has 0 unspecified atom stereocenters. The fourth-order valence-electron chi connectivity index (χ4n) is 0.445. The lowest BCUT2D eigenvalue weighted by atomic mass is 10.3. The molecule has 0 heterocycles. The molecule has 10 heavy (non-hydrogen) atoms. The molecule has 0 aliphatic carbocycles. The molecule has 0 aromatic carbocycles. The number of hydrogen-bond acceptors (Lipinski definition) is 1. The van der Waals surface area contributed by atoms with Crippen molar-refractivity contribution in [2.75, 3.05) is 0 Å². The molecule has 0 rings (SSSR count). The summed E-state index contributed by atoms with van der Waals surface area (Å²) in [7, 11) is 0. The Bertz CT molecular complexity index is 163. The number of halogens is 2. The minimum atomic E-state index is -1.17. The molecule has 0 radical (unpaired) electrons. The highest BCUT2D eigenvalue weighted by atomic mass is 35.5. The molecule has 1 N–H and O–H groups in total. The zero-order chi connectivity index (χ0) is 8.15. The van der Waals surface area contributed by atoms with Crippen molar-refractivity contribution in [3.8, 4) is 0 Å². The smallest absolute Gasteiger partial charge is 0.348 e. The lowest BCUT2D eigenvalue weighted by Gasteiger charge is -1.95. The summed E-state index contributed by atoms with van der Waals surface area (Å²) in [5.74, 6) is -1.17. The van der Waals surface area contributed by atoms with Crippen molar-refractivity contribution in [1.29, 1.82) is 0 Å². The predicted octanol–water partition coefficient (Wildman–Crippen LogP) is 2.56. The molecule has 0 amide bonds. The van der Waals surface area contributed by atoms with Crippen LogP contribution in [0.25, 0.3) is 0 Å². The maximum atomic E-state index is 10.1. The van der Waals surface area contributed by atoms with Crippen molar-refractivity contribution in [3.05, 3.63) is 10.1 Å². The van der Waals surface area contributed by atoms with E-state index in [-0.39, 0.29) is 10.1 Å². The largest absolute Gasteiger partial charge is 0.477 e. The van der Waals surface area contributed by atoms with Gasteiger partial charge in [0.1, 0.15) is 5.03 Å². The molecule has 0 saturated heterocycles. The summed E-state index contributed by atoms with van der Waals surface area (Å²) in [6, 6.07) is 0. The number of carboxylic acid groups (broad SMARTS) is 1. The maximum absolute atomic E-state index is 10.1. The maximum Gasteiger partial charge on any atom is 0.348 e. The highest BCUT2D eigenvalue weighted by Gasteiger charge is 2.07.